The highest BCUT2D eigenvalue weighted by atomic mass is 15.2. The van der Waals surface area contributed by atoms with Gasteiger partial charge in [0.25, 0.3) is 0 Å². The van der Waals surface area contributed by atoms with Gasteiger partial charge >= 0.3 is 0 Å². The summed E-state index contributed by atoms with van der Waals surface area (Å²) in [7, 11) is 0. The van der Waals surface area contributed by atoms with E-state index in [0.717, 1.165) is 6.54 Å². The van der Waals surface area contributed by atoms with Gasteiger partial charge in [-0.2, -0.15) is 0 Å². The van der Waals surface area contributed by atoms with Crippen molar-refractivity contribution >= 4 is 0 Å². The SMILES string of the molecule is c1ccc2c(c1)CNC(CN1CCCC1)C2. The number of hydrogen-bond acceptors (Lipinski definition) is 2. The molecule has 0 bridgehead atoms. The fourth-order valence-electron chi connectivity index (χ4n) is 2.93. The minimum Gasteiger partial charge on any atom is -0.308 e. The Kier molecular flexibility index (Phi) is 2.94. The van der Waals surface area contributed by atoms with E-state index in [2.05, 4.69) is 34.5 Å². The zero-order chi connectivity index (χ0) is 10.8. The first kappa shape index (κ1) is 10.3. The van der Waals surface area contributed by atoms with Gasteiger partial charge in [0.05, 0.1) is 0 Å². The zero-order valence-electron chi connectivity index (χ0n) is 9.78. The minimum absolute atomic E-state index is 0.660. The molecule has 16 heavy (non-hydrogen) atoms. The summed E-state index contributed by atoms with van der Waals surface area (Å²) in [6, 6.07) is 9.49. The van der Waals surface area contributed by atoms with Gasteiger partial charge in [0.2, 0.25) is 0 Å². The molecule has 86 valence electrons. The highest BCUT2D eigenvalue weighted by Gasteiger charge is 2.21. The monoisotopic (exact) mass is 216 g/mol. The lowest BCUT2D eigenvalue weighted by Gasteiger charge is -2.29. The van der Waals surface area contributed by atoms with E-state index in [9.17, 15) is 0 Å². The average Bonchev–Trinajstić information content (AvgIpc) is 2.82. The highest BCUT2D eigenvalue weighted by Crippen LogP contribution is 2.18. The molecule has 2 aliphatic rings. The van der Waals surface area contributed by atoms with E-state index in [1.54, 1.807) is 5.56 Å². The molecular weight excluding hydrogens is 196 g/mol. The van der Waals surface area contributed by atoms with Crippen LogP contribution >= 0.6 is 0 Å². The largest absolute Gasteiger partial charge is 0.308 e. The molecule has 0 radical (unpaired) electrons. The lowest BCUT2D eigenvalue weighted by atomic mass is 9.96. The summed E-state index contributed by atoms with van der Waals surface area (Å²) in [5, 5.41) is 3.66. The fourth-order valence-corrected chi connectivity index (χ4v) is 2.93. The van der Waals surface area contributed by atoms with E-state index >= 15 is 0 Å². The van der Waals surface area contributed by atoms with Crippen molar-refractivity contribution in [1.82, 2.24) is 10.2 Å². The summed E-state index contributed by atoms with van der Waals surface area (Å²) in [4.78, 5) is 2.60. The van der Waals surface area contributed by atoms with Gasteiger partial charge in [0.1, 0.15) is 0 Å². The van der Waals surface area contributed by atoms with E-state index in [4.69, 9.17) is 0 Å². The molecule has 2 aliphatic heterocycles. The smallest absolute Gasteiger partial charge is 0.0238 e. The molecule has 2 heteroatoms. The standard InChI is InChI=1S/C14H20N2/c1-2-6-13-10-15-14(9-12(13)5-1)11-16-7-3-4-8-16/h1-2,5-6,14-15H,3-4,7-11H2. The molecule has 2 heterocycles. The van der Waals surface area contributed by atoms with Gasteiger partial charge in [0, 0.05) is 19.1 Å². The molecule has 1 unspecified atom stereocenters. The third kappa shape index (κ3) is 2.13. The molecule has 1 N–H and O–H groups in total. The van der Waals surface area contributed by atoms with Crippen molar-refractivity contribution in [3.63, 3.8) is 0 Å². The van der Waals surface area contributed by atoms with Gasteiger partial charge in [-0.15, -0.1) is 0 Å². The van der Waals surface area contributed by atoms with Crippen LogP contribution in [-0.2, 0) is 13.0 Å². The van der Waals surface area contributed by atoms with Crippen LogP contribution in [0.3, 0.4) is 0 Å². The van der Waals surface area contributed by atoms with Crippen LogP contribution < -0.4 is 5.32 Å². The second-order valence-corrected chi connectivity index (χ2v) is 5.06. The van der Waals surface area contributed by atoms with Gasteiger partial charge in [-0.1, -0.05) is 24.3 Å². The molecule has 0 amide bonds. The van der Waals surface area contributed by atoms with E-state index in [-0.39, 0.29) is 0 Å². The Morgan fingerprint density at radius 1 is 1.12 bits per heavy atom. The second-order valence-electron chi connectivity index (χ2n) is 5.06. The molecule has 0 saturated carbocycles. The van der Waals surface area contributed by atoms with Crippen molar-refractivity contribution < 1.29 is 0 Å². The Labute approximate surface area is 97.6 Å². The second kappa shape index (κ2) is 4.56. The van der Waals surface area contributed by atoms with Crippen LogP contribution in [0, 0.1) is 0 Å². The van der Waals surface area contributed by atoms with Gasteiger partial charge in [-0.3, -0.25) is 0 Å². The minimum atomic E-state index is 0.660. The Hall–Kier alpha value is -0.860. The highest BCUT2D eigenvalue weighted by molar-refractivity contribution is 5.29. The van der Waals surface area contributed by atoms with Crippen LogP contribution in [-0.4, -0.2) is 30.6 Å². The lowest BCUT2D eigenvalue weighted by molar-refractivity contribution is 0.282. The summed E-state index contributed by atoms with van der Waals surface area (Å²) in [6.45, 7) is 4.89. The maximum absolute atomic E-state index is 3.66. The first-order valence-electron chi connectivity index (χ1n) is 6.44. The van der Waals surface area contributed by atoms with E-state index < -0.39 is 0 Å². The number of nitrogens with zero attached hydrogens (tertiary/aromatic N) is 1. The van der Waals surface area contributed by atoms with Crippen molar-refractivity contribution in [2.45, 2.75) is 31.8 Å². The maximum Gasteiger partial charge on any atom is 0.0238 e. The molecule has 0 spiro atoms. The number of fused-ring (bicyclic) bond motifs is 1. The van der Waals surface area contributed by atoms with Gasteiger partial charge in [-0.05, 0) is 43.5 Å². The Morgan fingerprint density at radius 3 is 2.69 bits per heavy atom. The molecular formula is C14H20N2. The van der Waals surface area contributed by atoms with Gasteiger partial charge in [0.15, 0.2) is 0 Å². The summed E-state index contributed by atoms with van der Waals surface area (Å²) in [5.41, 5.74) is 3.03. The first-order chi connectivity index (χ1) is 7.92. The average molecular weight is 216 g/mol. The van der Waals surface area contributed by atoms with E-state index in [1.165, 1.54) is 44.5 Å². The molecule has 1 fully saturated rings. The summed E-state index contributed by atoms with van der Waals surface area (Å²) in [6.07, 6.45) is 3.99. The Morgan fingerprint density at radius 2 is 1.88 bits per heavy atom. The summed E-state index contributed by atoms with van der Waals surface area (Å²) >= 11 is 0. The van der Waals surface area contributed by atoms with Crippen LogP contribution in [0.5, 0.6) is 0 Å². The third-order valence-electron chi connectivity index (χ3n) is 3.84. The van der Waals surface area contributed by atoms with E-state index in [1.807, 2.05) is 0 Å². The van der Waals surface area contributed by atoms with Crippen molar-refractivity contribution in [3.8, 4) is 0 Å². The molecule has 1 saturated heterocycles. The summed E-state index contributed by atoms with van der Waals surface area (Å²) in [5.74, 6) is 0. The van der Waals surface area contributed by atoms with Gasteiger partial charge in [-0.25, -0.2) is 0 Å². The molecule has 0 aromatic heterocycles. The lowest BCUT2D eigenvalue weighted by Crippen LogP contribution is -2.43. The summed E-state index contributed by atoms with van der Waals surface area (Å²) < 4.78 is 0. The molecule has 1 aromatic rings. The fraction of sp³-hybridized carbons (Fsp3) is 0.571. The van der Waals surface area contributed by atoms with Crippen LogP contribution in [0.2, 0.25) is 0 Å². The molecule has 0 aliphatic carbocycles. The van der Waals surface area contributed by atoms with Crippen molar-refractivity contribution in [2.24, 2.45) is 0 Å². The van der Waals surface area contributed by atoms with Crippen molar-refractivity contribution in [3.05, 3.63) is 35.4 Å². The number of hydrogen-bond donors (Lipinski definition) is 1. The quantitative estimate of drug-likeness (QED) is 0.811. The van der Waals surface area contributed by atoms with Crippen molar-refractivity contribution in [1.29, 1.82) is 0 Å². The maximum atomic E-state index is 3.66. The number of likely N-dealkylation sites (tertiary alicyclic amines) is 1. The van der Waals surface area contributed by atoms with Crippen LogP contribution in [0.1, 0.15) is 24.0 Å². The zero-order valence-corrected chi connectivity index (χ0v) is 9.78. The molecule has 2 nitrogen and oxygen atoms in total. The number of rotatable bonds is 2. The van der Waals surface area contributed by atoms with E-state index in [0.29, 0.717) is 6.04 Å². The number of benzene rings is 1. The topological polar surface area (TPSA) is 15.3 Å². The first-order valence-corrected chi connectivity index (χ1v) is 6.44. The van der Waals surface area contributed by atoms with Crippen LogP contribution in [0.15, 0.2) is 24.3 Å². The van der Waals surface area contributed by atoms with Crippen molar-refractivity contribution in [2.75, 3.05) is 19.6 Å². The molecule has 3 rings (SSSR count). The normalized spacial score (nSPS) is 25.6. The molecule has 1 atom stereocenters. The molecule has 1 aromatic carbocycles. The Balaban J connectivity index is 1.63. The third-order valence-corrected chi connectivity index (χ3v) is 3.84. The van der Waals surface area contributed by atoms with Gasteiger partial charge < -0.3 is 10.2 Å². The van der Waals surface area contributed by atoms with Crippen LogP contribution in [0.25, 0.3) is 0 Å². The Bertz CT molecular complexity index is 356. The predicted molar refractivity (Wildman–Crippen MR) is 66.4 cm³/mol. The predicted octanol–water partition coefficient (Wildman–Crippen LogP) is 1.80. The number of nitrogens with one attached hydrogen (secondary N) is 1. The van der Waals surface area contributed by atoms with Crippen LogP contribution in [0.4, 0.5) is 0 Å².